The molecular weight excluding hydrogens is 248 g/mol. The van der Waals surface area contributed by atoms with Crippen molar-refractivity contribution in [3.8, 4) is 0 Å². The van der Waals surface area contributed by atoms with E-state index in [-0.39, 0.29) is 5.72 Å². The predicted molar refractivity (Wildman–Crippen MR) is 80.9 cm³/mol. The lowest BCUT2D eigenvalue weighted by molar-refractivity contribution is -0.231. The smallest absolute Gasteiger partial charge is 0.128 e. The third-order valence-electron chi connectivity index (χ3n) is 4.73. The minimum atomic E-state index is -0.215. The Kier molecular flexibility index (Phi) is 4.11. The van der Waals surface area contributed by atoms with Crippen LogP contribution < -0.4 is 5.43 Å². The second-order valence-corrected chi connectivity index (χ2v) is 6.32. The maximum atomic E-state index is 6.34. The van der Waals surface area contributed by atoms with Gasteiger partial charge in [0.05, 0.1) is 12.1 Å². The van der Waals surface area contributed by atoms with Gasteiger partial charge in [-0.3, -0.25) is 0 Å². The van der Waals surface area contributed by atoms with Crippen LogP contribution in [-0.4, -0.2) is 22.9 Å². The summed E-state index contributed by atoms with van der Waals surface area (Å²) in [5.74, 6) is 0. The fourth-order valence-corrected chi connectivity index (χ4v) is 3.42. The first kappa shape index (κ1) is 14.1. The Morgan fingerprint density at radius 1 is 1.25 bits per heavy atom. The molecule has 1 aromatic carbocycles. The summed E-state index contributed by atoms with van der Waals surface area (Å²) >= 11 is 0. The summed E-state index contributed by atoms with van der Waals surface area (Å²) in [5.41, 5.74) is 4.79. The highest BCUT2D eigenvalue weighted by atomic mass is 16.5. The molecule has 3 atom stereocenters. The Balaban J connectivity index is 1.78. The number of rotatable bonds is 3. The van der Waals surface area contributed by atoms with Crippen molar-refractivity contribution in [3.63, 3.8) is 0 Å². The Labute approximate surface area is 122 Å². The molecule has 1 aromatic rings. The minimum Gasteiger partial charge on any atom is -0.355 e. The summed E-state index contributed by atoms with van der Waals surface area (Å²) in [7, 11) is 0. The van der Waals surface area contributed by atoms with E-state index in [9.17, 15) is 0 Å². The molecule has 2 fully saturated rings. The van der Waals surface area contributed by atoms with E-state index >= 15 is 0 Å². The fourth-order valence-electron chi connectivity index (χ4n) is 3.42. The Morgan fingerprint density at radius 2 is 2.00 bits per heavy atom. The van der Waals surface area contributed by atoms with Crippen LogP contribution in [0, 0.1) is 0 Å². The lowest BCUT2D eigenvalue weighted by atomic mass is 9.90. The molecule has 1 saturated carbocycles. The van der Waals surface area contributed by atoms with Crippen molar-refractivity contribution < 1.29 is 4.74 Å². The summed E-state index contributed by atoms with van der Waals surface area (Å²) in [6, 6.07) is 11.2. The molecule has 0 radical (unpaired) electrons. The molecule has 2 aliphatic rings. The van der Waals surface area contributed by atoms with Crippen LogP contribution in [0.5, 0.6) is 0 Å². The first-order valence-corrected chi connectivity index (χ1v) is 7.96. The molecular formula is C17H26N2O. The molecule has 1 saturated heterocycles. The monoisotopic (exact) mass is 274 g/mol. The fraction of sp³-hybridized carbons (Fsp3) is 0.647. The first-order valence-electron chi connectivity index (χ1n) is 7.96. The molecule has 0 aromatic heterocycles. The van der Waals surface area contributed by atoms with E-state index in [1.165, 1.54) is 31.2 Å². The second-order valence-electron chi connectivity index (χ2n) is 6.32. The van der Waals surface area contributed by atoms with Gasteiger partial charge < -0.3 is 4.74 Å². The van der Waals surface area contributed by atoms with Crippen LogP contribution in [0.1, 0.15) is 51.5 Å². The lowest BCUT2D eigenvalue weighted by Gasteiger charge is -2.52. The second kappa shape index (κ2) is 5.84. The van der Waals surface area contributed by atoms with Crippen LogP contribution in [0.25, 0.3) is 0 Å². The van der Waals surface area contributed by atoms with Gasteiger partial charge in [-0.1, -0.05) is 50.1 Å². The zero-order chi connectivity index (χ0) is 14.0. The van der Waals surface area contributed by atoms with Crippen molar-refractivity contribution in [2.75, 3.05) is 0 Å². The van der Waals surface area contributed by atoms with Crippen molar-refractivity contribution in [1.29, 1.82) is 0 Å². The molecule has 0 bridgehead atoms. The Hall–Kier alpha value is -0.900. The average molecular weight is 274 g/mol. The summed E-state index contributed by atoms with van der Waals surface area (Å²) in [6.45, 7) is 5.33. The Morgan fingerprint density at radius 3 is 2.75 bits per heavy atom. The number of hydrazine groups is 1. The van der Waals surface area contributed by atoms with Gasteiger partial charge in [-0.05, 0) is 31.7 Å². The zero-order valence-corrected chi connectivity index (χ0v) is 12.6. The SMILES string of the molecule is CCC1(C)NN(Cc2ccccc2)C2CCCCC2O1. The number of benzene rings is 1. The van der Waals surface area contributed by atoms with Gasteiger partial charge in [0.15, 0.2) is 0 Å². The van der Waals surface area contributed by atoms with Crippen molar-refractivity contribution in [1.82, 2.24) is 10.4 Å². The number of fused-ring (bicyclic) bond motifs is 1. The third kappa shape index (κ3) is 2.90. The summed E-state index contributed by atoms with van der Waals surface area (Å²) in [4.78, 5) is 0. The third-order valence-corrected chi connectivity index (χ3v) is 4.73. The summed E-state index contributed by atoms with van der Waals surface area (Å²) in [5, 5.41) is 2.44. The van der Waals surface area contributed by atoms with E-state index in [1.54, 1.807) is 0 Å². The summed E-state index contributed by atoms with van der Waals surface area (Å²) < 4.78 is 6.34. The first-order chi connectivity index (χ1) is 9.70. The molecule has 3 heteroatoms. The van der Waals surface area contributed by atoms with Crippen LogP contribution >= 0.6 is 0 Å². The zero-order valence-electron chi connectivity index (χ0n) is 12.6. The minimum absolute atomic E-state index is 0.215. The molecule has 110 valence electrons. The van der Waals surface area contributed by atoms with Gasteiger partial charge in [0, 0.05) is 6.54 Å². The molecule has 0 spiro atoms. The molecule has 20 heavy (non-hydrogen) atoms. The maximum absolute atomic E-state index is 6.34. The van der Waals surface area contributed by atoms with Crippen molar-refractivity contribution in [2.24, 2.45) is 0 Å². The lowest BCUT2D eigenvalue weighted by Crippen LogP contribution is -2.67. The van der Waals surface area contributed by atoms with Gasteiger partial charge in [-0.25, -0.2) is 10.4 Å². The van der Waals surface area contributed by atoms with Gasteiger partial charge in [-0.15, -0.1) is 0 Å². The molecule has 1 heterocycles. The van der Waals surface area contributed by atoms with Crippen molar-refractivity contribution >= 4 is 0 Å². The maximum Gasteiger partial charge on any atom is 0.128 e. The highest BCUT2D eigenvalue weighted by Gasteiger charge is 2.42. The van der Waals surface area contributed by atoms with Crippen LogP contribution in [0.2, 0.25) is 0 Å². The molecule has 3 nitrogen and oxygen atoms in total. The van der Waals surface area contributed by atoms with E-state index in [1.807, 2.05) is 0 Å². The van der Waals surface area contributed by atoms with E-state index in [4.69, 9.17) is 4.74 Å². The van der Waals surface area contributed by atoms with E-state index in [0.29, 0.717) is 12.1 Å². The average Bonchev–Trinajstić information content (AvgIpc) is 2.48. The van der Waals surface area contributed by atoms with E-state index < -0.39 is 0 Å². The van der Waals surface area contributed by atoms with E-state index in [2.05, 4.69) is 54.6 Å². The van der Waals surface area contributed by atoms with Gasteiger partial charge in [0.25, 0.3) is 0 Å². The predicted octanol–water partition coefficient (Wildman–Crippen LogP) is 3.46. The molecule has 3 rings (SSSR count). The topological polar surface area (TPSA) is 24.5 Å². The molecule has 1 aliphatic carbocycles. The van der Waals surface area contributed by atoms with Crippen LogP contribution in [0.3, 0.4) is 0 Å². The highest BCUT2D eigenvalue weighted by molar-refractivity contribution is 5.14. The van der Waals surface area contributed by atoms with Gasteiger partial charge in [0.2, 0.25) is 0 Å². The molecule has 1 aliphatic heterocycles. The van der Waals surface area contributed by atoms with Gasteiger partial charge >= 0.3 is 0 Å². The summed E-state index contributed by atoms with van der Waals surface area (Å²) in [6.07, 6.45) is 6.44. The quantitative estimate of drug-likeness (QED) is 0.913. The normalized spacial score (nSPS) is 34.7. The Bertz CT molecular complexity index is 436. The van der Waals surface area contributed by atoms with Crippen LogP contribution in [0.4, 0.5) is 0 Å². The highest BCUT2D eigenvalue weighted by Crippen LogP contribution is 2.33. The van der Waals surface area contributed by atoms with Crippen molar-refractivity contribution in [2.45, 2.75) is 70.4 Å². The van der Waals surface area contributed by atoms with Gasteiger partial charge in [0.1, 0.15) is 5.72 Å². The van der Waals surface area contributed by atoms with Gasteiger partial charge in [-0.2, -0.15) is 0 Å². The number of ether oxygens (including phenoxy) is 1. The van der Waals surface area contributed by atoms with Crippen LogP contribution in [-0.2, 0) is 11.3 Å². The number of hydrogen-bond acceptors (Lipinski definition) is 3. The molecule has 1 N–H and O–H groups in total. The molecule has 0 amide bonds. The standard InChI is InChI=1S/C17H26N2O/c1-3-17(2)18-19(13-14-9-5-4-6-10-14)15-11-7-8-12-16(15)20-17/h4-6,9-10,15-16,18H,3,7-8,11-13H2,1-2H3. The number of nitrogens with one attached hydrogen (secondary N) is 1. The largest absolute Gasteiger partial charge is 0.355 e. The van der Waals surface area contributed by atoms with E-state index in [0.717, 1.165) is 13.0 Å². The number of hydrogen-bond donors (Lipinski definition) is 1. The van der Waals surface area contributed by atoms with Crippen LogP contribution in [0.15, 0.2) is 30.3 Å². The van der Waals surface area contributed by atoms with Crippen molar-refractivity contribution in [3.05, 3.63) is 35.9 Å². The molecule has 3 unspecified atom stereocenters. The number of nitrogens with zero attached hydrogens (tertiary/aromatic N) is 1.